The summed E-state index contributed by atoms with van der Waals surface area (Å²) < 4.78 is 15.0. The molecule has 16 heavy (non-hydrogen) atoms. The highest BCUT2D eigenvalue weighted by Gasteiger charge is 2.41. The number of ether oxygens (including phenoxy) is 3. The van der Waals surface area contributed by atoms with E-state index in [1.54, 1.807) is 13.8 Å². The van der Waals surface area contributed by atoms with Gasteiger partial charge >= 0.3 is 5.97 Å². The molecule has 1 aliphatic rings. The molecule has 6 nitrogen and oxygen atoms in total. The van der Waals surface area contributed by atoms with Gasteiger partial charge in [0.1, 0.15) is 6.10 Å². The van der Waals surface area contributed by atoms with E-state index in [-0.39, 0.29) is 12.5 Å². The molecule has 94 valence electrons. The second-order valence-corrected chi connectivity index (χ2v) is 3.99. The Morgan fingerprint density at radius 3 is 2.56 bits per heavy atom. The largest absolute Gasteiger partial charge is 0.467 e. The summed E-state index contributed by atoms with van der Waals surface area (Å²) in [4.78, 5) is 11.3. The van der Waals surface area contributed by atoms with Crippen molar-refractivity contribution in [3.8, 4) is 0 Å². The fourth-order valence-corrected chi connectivity index (χ4v) is 1.50. The number of hydrogen-bond donors (Lipinski definition) is 2. The lowest BCUT2D eigenvalue weighted by molar-refractivity contribution is -0.276. The van der Waals surface area contributed by atoms with Crippen molar-refractivity contribution in [2.45, 2.75) is 51.0 Å². The van der Waals surface area contributed by atoms with E-state index in [9.17, 15) is 15.0 Å². The second-order valence-electron chi connectivity index (χ2n) is 3.99. The van der Waals surface area contributed by atoms with Crippen molar-refractivity contribution in [1.29, 1.82) is 0 Å². The van der Waals surface area contributed by atoms with Crippen LogP contribution >= 0.6 is 0 Å². The van der Waals surface area contributed by atoms with Gasteiger partial charge in [0.2, 0.25) is 0 Å². The number of aliphatic hydroxyl groups excluding tert-OH is 2. The summed E-state index contributed by atoms with van der Waals surface area (Å²) in [6.45, 7) is 3.54. The smallest absolute Gasteiger partial charge is 0.335 e. The number of methoxy groups -OCH3 is 1. The molecule has 4 atom stereocenters. The zero-order valence-electron chi connectivity index (χ0n) is 9.62. The van der Waals surface area contributed by atoms with Gasteiger partial charge in [-0.1, -0.05) is 0 Å². The molecule has 0 saturated carbocycles. The maximum atomic E-state index is 11.3. The SMILES string of the molecule is COC(=O)[C@@H]1C[C@@H](O)[C@@H](O)[C@H](OC(C)C)O1. The lowest BCUT2D eigenvalue weighted by Gasteiger charge is -2.36. The first-order valence-corrected chi connectivity index (χ1v) is 5.20. The van der Waals surface area contributed by atoms with Gasteiger partial charge in [-0.3, -0.25) is 0 Å². The van der Waals surface area contributed by atoms with E-state index in [1.165, 1.54) is 7.11 Å². The molecule has 1 saturated heterocycles. The second kappa shape index (κ2) is 5.58. The summed E-state index contributed by atoms with van der Waals surface area (Å²) in [6.07, 6.45) is -4.28. The number of carbonyl (C=O) groups is 1. The Balaban J connectivity index is 2.65. The van der Waals surface area contributed by atoms with Crippen LogP contribution in [0.3, 0.4) is 0 Å². The summed E-state index contributed by atoms with van der Waals surface area (Å²) >= 11 is 0. The third kappa shape index (κ3) is 3.15. The zero-order valence-corrected chi connectivity index (χ0v) is 9.62. The van der Waals surface area contributed by atoms with Crippen LogP contribution in [0.4, 0.5) is 0 Å². The van der Waals surface area contributed by atoms with Crippen molar-refractivity contribution in [1.82, 2.24) is 0 Å². The van der Waals surface area contributed by atoms with Crippen LogP contribution in [0.2, 0.25) is 0 Å². The van der Waals surface area contributed by atoms with Gasteiger partial charge in [0.05, 0.1) is 19.3 Å². The van der Waals surface area contributed by atoms with Crippen molar-refractivity contribution in [2.75, 3.05) is 7.11 Å². The predicted molar refractivity (Wildman–Crippen MR) is 53.5 cm³/mol. The van der Waals surface area contributed by atoms with Gasteiger partial charge in [0.15, 0.2) is 12.4 Å². The highest BCUT2D eigenvalue weighted by molar-refractivity contribution is 5.74. The standard InChI is InChI=1S/C10H18O6/c1-5(2)15-10-8(12)6(11)4-7(16-10)9(13)14-3/h5-8,10-12H,4H2,1-3H3/t6-,7+,8-,10-/m1/s1. The molecule has 0 bridgehead atoms. The Hall–Kier alpha value is -0.690. The van der Waals surface area contributed by atoms with E-state index in [2.05, 4.69) is 4.74 Å². The highest BCUT2D eigenvalue weighted by atomic mass is 16.7. The van der Waals surface area contributed by atoms with Crippen molar-refractivity contribution < 1.29 is 29.2 Å². The first-order valence-electron chi connectivity index (χ1n) is 5.20. The Kier molecular flexibility index (Phi) is 4.67. The maximum Gasteiger partial charge on any atom is 0.335 e. The topological polar surface area (TPSA) is 85.2 Å². The summed E-state index contributed by atoms with van der Waals surface area (Å²) in [6, 6.07) is 0. The monoisotopic (exact) mass is 234 g/mol. The predicted octanol–water partition coefficient (Wildman–Crippen LogP) is -0.579. The van der Waals surface area contributed by atoms with Crippen LogP contribution in [0.15, 0.2) is 0 Å². The van der Waals surface area contributed by atoms with E-state index in [0.717, 1.165) is 0 Å². The molecule has 1 rings (SSSR count). The van der Waals surface area contributed by atoms with Gasteiger partial charge in [0.25, 0.3) is 0 Å². The third-order valence-corrected chi connectivity index (χ3v) is 2.30. The Bertz CT molecular complexity index is 241. The highest BCUT2D eigenvalue weighted by Crippen LogP contribution is 2.22. The molecular weight excluding hydrogens is 216 g/mol. The molecular formula is C10H18O6. The first kappa shape index (κ1) is 13.4. The Labute approximate surface area is 94.1 Å². The number of esters is 1. The molecule has 0 unspecified atom stereocenters. The maximum absolute atomic E-state index is 11.3. The molecule has 0 spiro atoms. The minimum absolute atomic E-state index is 0.00575. The molecule has 0 amide bonds. The van der Waals surface area contributed by atoms with Gasteiger partial charge < -0.3 is 24.4 Å². The van der Waals surface area contributed by atoms with Crippen molar-refractivity contribution >= 4 is 5.97 Å². The van der Waals surface area contributed by atoms with Gasteiger partial charge in [-0.15, -0.1) is 0 Å². The van der Waals surface area contributed by atoms with Gasteiger partial charge in [0, 0.05) is 6.42 Å². The molecule has 1 fully saturated rings. The zero-order chi connectivity index (χ0) is 12.3. The van der Waals surface area contributed by atoms with Crippen LogP contribution in [0, 0.1) is 0 Å². The van der Waals surface area contributed by atoms with E-state index >= 15 is 0 Å². The Morgan fingerprint density at radius 2 is 2.06 bits per heavy atom. The number of rotatable bonds is 3. The van der Waals surface area contributed by atoms with Crippen molar-refractivity contribution in [3.63, 3.8) is 0 Å². The summed E-state index contributed by atoms with van der Waals surface area (Å²) in [5.41, 5.74) is 0. The van der Waals surface area contributed by atoms with Gasteiger partial charge in [-0.25, -0.2) is 4.79 Å². The molecule has 6 heteroatoms. The molecule has 1 aliphatic heterocycles. The fraction of sp³-hybridized carbons (Fsp3) is 0.900. The van der Waals surface area contributed by atoms with Crippen LogP contribution in [0.5, 0.6) is 0 Å². The minimum atomic E-state index is -1.15. The minimum Gasteiger partial charge on any atom is -0.467 e. The van der Waals surface area contributed by atoms with Crippen LogP contribution in [0.1, 0.15) is 20.3 Å². The average molecular weight is 234 g/mol. The normalized spacial score (nSPS) is 35.1. The summed E-state index contributed by atoms with van der Waals surface area (Å²) in [7, 11) is 1.24. The molecule has 0 aromatic carbocycles. The fourth-order valence-electron chi connectivity index (χ4n) is 1.50. The molecule has 0 aromatic rings. The summed E-state index contributed by atoms with van der Waals surface area (Å²) in [5, 5.41) is 19.2. The van der Waals surface area contributed by atoms with E-state index < -0.39 is 30.6 Å². The molecule has 0 aromatic heterocycles. The van der Waals surface area contributed by atoms with Gasteiger partial charge in [-0.05, 0) is 13.8 Å². The van der Waals surface area contributed by atoms with Crippen LogP contribution in [-0.4, -0.2) is 54.0 Å². The average Bonchev–Trinajstić information content (AvgIpc) is 2.22. The third-order valence-electron chi connectivity index (χ3n) is 2.30. The van der Waals surface area contributed by atoms with E-state index in [1.807, 2.05) is 0 Å². The van der Waals surface area contributed by atoms with Crippen molar-refractivity contribution in [3.05, 3.63) is 0 Å². The lowest BCUT2D eigenvalue weighted by atomic mass is 10.0. The first-order chi connectivity index (χ1) is 7.45. The number of hydrogen-bond acceptors (Lipinski definition) is 6. The molecule has 0 radical (unpaired) electrons. The lowest BCUT2D eigenvalue weighted by Crippen LogP contribution is -2.52. The van der Waals surface area contributed by atoms with Crippen LogP contribution < -0.4 is 0 Å². The number of aliphatic hydroxyl groups is 2. The van der Waals surface area contributed by atoms with Crippen LogP contribution in [-0.2, 0) is 19.0 Å². The van der Waals surface area contributed by atoms with Crippen molar-refractivity contribution in [2.24, 2.45) is 0 Å². The quantitative estimate of drug-likeness (QED) is 0.636. The number of carbonyl (C=O) groups excluding carboxylic acids is 1. The molecule has 0 aliphatic carbocycles. The summed E-state index contributed by atoms with van der Waals surface area (Å²) in [5.74, 6) is -0.580. The molecule has 1 heterocycles. The van der Waals surface area contributed by atoms with Gasteiger partial charge in [-0.2, -0.15) is 0 Å². The molecule has 2 N–H and O–H groups in total. The van der Waals surface area contributed by atoms with E-state index in [4.69, 9.17) is 9.47 Å². The van der Waals surface area contributed by atoms with Crippen LogP contribution in [0.25, 0.3) is 0 Å². The Morgan fingerprint density at radius 1 is 1.44 bits per heavy atom. The van der Waals surface area contributed by atoms with E-state index in [0.29, 0.717) is 0 Å².